The van der Waals surface area contributed by atoms with Crippen LogP contribution in [0, 0.1) is 0 Å². The smallest absolute Gasteiger partial charge is 0.246 e. The Kier molecular flexibility index (Phi) is 3.23. The molecule has 2 aliphatic heterocycles. The Morgan fingerprint density at radius 3 is 2.68 bits per heavy atom. The molecule has 0 aliphatic carbocycles. The fourth-order valence-corrected chi connectivity index (χ4v) is 2.97. The number of rotatable bonds is 2. The summed E-state index contributed by atoms with van der Waals surface area (Å²) < 4.78 is 0. The van der Waals surface area contributed by atoms with E-state index in [1.54, 1.807) is 9.80 Å². The molecule has 4 heteroatoms. The van der Waals surface area contributed by atoms with Gasteiger partial charge in [0.2, 0.25) is 11.8 Å². The van der Waals surface area contributed by atoms with Crippen LogP contribution in [0.25, 0.3) is 0 Å². The third kappa shape index (κ3) is 2.35. The van der Waals surface area contributed by atoms with Gasteiger partial charge in [0.25, 0.3) is 0 Å². The summed E-state index contributed by atoms with van der Waals surface area (Å²) in [5, 5.41) is 0. The van der Waals surface area contributed by atoms with E-state index in [0.717, 1.165) is 31.4 Å². The van der Waals surface area contributed by atoms with Crippen molar-refractivity contribution in [2.75, 3.05) is 13.1 Å². The number of carbonyl (C=O) groups is 2. The van der Waals surface area contributed by atoms with E-state index in [4.69, 9.17) is 0 Å². The van der Waals surface area contributed by atoms with Crippen LogP contribution >= 0.6 is 0 Å². The van der Waals surface area contributed by atoms with E-state index in [-0.39, 0.29) is 24.4 Å². The summed E-state index contributed by atoms with van der Waals surface area (Å²) in [5.74, 6) is 0.211. The second-order valence-corrected chi connectivity index (χ2v) is 5.28. The monoisotopic (exact) mass is 258 g/mol. The normalized spacial score (nSPS) is 23.5. The highest BCUT2D eigenvalue weighted by Gasteiger charge is 2.40. The Morgan fingerprint density at radius 1 is 1.11 bits per heavy atom. The van der Waals surface area contributed by atoms with Crippen molar-refractivity contribution in [3.8, 4) is 0 Å². The molecule has 100 valence electrons. The van der Waals surface area contributed by atoms with Crippen molar-refractivity contribution in [1.29, 1.82) is 0 Å². The van der Waals surface area contributed by atoms with Gasteiger partial charge in [0.1, 0.15) is 12.6 Å². The fraction of sp³-hybridized carbons (Fsp3) is 0.467. The third-order valence-electron chi connectivity index (χ3n) is 3.96. The minimum absolute atomic E-state index is 0.0974. The van der Waals surface area contributed by atoms with Gasteiger partial charge in [-0.2, -0.15) is 0 Å². The first-order valence-corrected chi connectivity index (χ1v) is 6.88. The lowest BCUT2D eigenvalue weighted by atomic mass is 9.98. The second kappa shape index (κ2) is 5.03. The number of nitrogens with zero attached hydrogens (tertiary/aromatic N) is 2. The predicted octanol–water partition coefficient (Wildman–Crippen LogP) is 1.41. The van der Waals surface area contributed by atoms with E-state index >= 15 is 0 Å². The molecular formula is C15H18N2O2. The first-order chi connectivity index (χ1) is 9.25. The average Bonchev–Trinajstić information content (AvgIpc) is 2.46. The highest BCUT2D eigenvalue weighted by atomic mass is 16.2. The fourth-order valence-electron chi connectivity index (χ4n) is 2.97. The Labute approximate surface area is 113 Å². The van der Waals surface area contributed by atoms with Gasteiger partial charge >= 0.3 is 0 Å². The van der Waals surface area contributed by atoms with Crippen LogP contribution in [0.4, 0.5) is 0 Å². The minimum atomic E-state index is -0.210. The number of hydrogen-bond acceptors (Lipinski definition) is 2. The molecule has 2 heterocycles. The number of piperidine rings is 1. The van der Waals surface area contributed by atoms with Gasteiger partial charge in [-0.05, 0) is 24.8 Å². The Bertz CT molecular complexity index is 486. The number of hydrogen-bond donors (Lipinski definition) is 0. The number of piperazine rings is 1. The van der Waals surface area contributed by atoms with Gasteiger partial charge in [0.05, 0.1) is 0 Å². The van der Waals surface area contributed by atoms with Gasteiger partial charge in [0.15, 0.2) is 0 Å². The first-order valence-electron chi connectivity index (χ1n) is 6.88. The molecule has 2 amide bonds. The molecule has 0 unspecified atom stereocenters. The third-order valence-corrected chi connectivity index (χ3v) is 3.96. The summed E-state index contributed by atoms with van der Waals surface area (Å²) in [6, 6.07) is 9.64. The summed E-state index contributed by atoms with van der Waals surface area (Å²) in [7, 11) is 0. The lowest BCUT2D eigenvalue weighted by molar-refractivity contribution is -0.158. The number of benzene rings is 1. The summed E-state index contributed by atoms with van der Waals surface area (Å²) in [4.78, 5) is 28.0. The summed E-state index contributed by atoms with van der Waals surface area (Å²) >= 11 is 0. The molecule has 0 bridgehead atoms. The zero-order chi connectivity index (χ0) is 13.2. The predicted molar refractivity (Wildman–Crippen MR) is 71.2 cm³/mol. The molecule has 0 spiro atoms. The van der Waals surface area contributed by atoms with Crippen LogP contribution < -0.4 is 0 Å². The van der Waals surface area contributed by atoms with Crippen LogP contribution in [0.15, 0.2) is 30.3 Å². The first kappa shape index (κ1) is 12.2. The molecule has 2 aliphatic rings. The Morgan fingerprint density at radius 2 is 1.89 bits per heavy atom. The number of carbonyl (C=O) groups excluding carboxylic acids is 2. The van der Waals surface area contributed by atoms with E-state index in [2.05, 4.69) is 0 Å². The van der Waals surface area contributed by atoms with Crippen molar-refractivity contribution in [2.24, 2.45) is 0 Å². The van der Waals surface area contributed by atoms with E-state index in [0.29, 0.717) is 6.54 Å². The van der Waals surface area contributed by atoms with Crippen LogP contribution in [0.2, 0.25) is 0 Å². The SMILES string of the molecule is O=C1[C@@H]2CCCCN2C(=O)CN1Cc1ccccc1. The quantitative estimate of drug-likeness (QED) is 0.804. The molecular weight excluding hydrogens is 240 g/mol. The summed E-state index contributed by atoms with van der Waals surface area (Å²) in [6.07, 6.45) is 2.88. The maximum absolute atomic E-state index is 12.4. The van der Waals surface area contributed by atoms with Crippen molar-refractivity contribution in [3.05, 3.63) is 35.9 Å². The van der Waals surface area contributed by atoms with Crippen molar-refractivity contribution >= 4 is 11.8 Å². The molecule has 1 aromatic carbocycles. The average molecular weight is 258 g/mol. The molecule has 2 saturated heterocycles. The zero-order valence-corrected chi connectivity index (χ0v) is 10.9. The lowest BCUT2D eigenvalue weighted by Gasteiger charge is -2.42. The molecule has 0 saturated carbocycles. The van der Waals surface area contributed by atoms with Crippen molar-refractivity contribution in [1.82, 2.24) is 9.80 Å². The Hall–Kier alpha value is -1.84. The van der Waals surface area contributed by atoms with Crippen LogP contribution in [0.1, 0.15) is 24.8 Å². The molecule has 1 atom stereocenters. The van der Waals surface area contributed by atoms with E-state index in [1.807, 2.05) is 30.3 Å². The zero-order valence-electron chi connectivity index (χ0n) is 10.9. The van der Waals surface area contributed by atoms with Gasteiger partial charge in [-0.3, -0.25) is 9.59 Å². The standard InChI is InChI=1S/C15H18N2O2/c18-14-11-16(10-12-6-2-1-3-7-12)15(19)13-8-4-5-9-17(13)14/h1-3,6-7,13H,4-5,8-11H2/t13-/m0/s1. The molecule has 3 rings (SSSR count). The van der Waals surface area contributed by atoms with Crippen molar-refractivity contribution < 1.29 is 9.59 Å². The topological polar surface area (TPSA) is 40.6 Å². The Balaban J connectivity index is 1.76. The van der Waals surface area contributed by atoms with Crippen molar-refractivity contribution in [3.63, 3.8) is 0 Å². The minimum Gasteiger partial charge on any atom is -0.329 e. The molecule has 19 heavy (non-hydrogen) atoms. The highest BCUT2D eigenvalue weighted by molar-refractivity contribution is 5.95. The highest BCUT2D eigenvalue weighted by Crippen LogP contribution is 2.24. The molecule has 4 nitrogen and oxygen atoms in total. The molecule has 0 aromatic heterocycles. The van der Waals surface area contributed by atoms with Crippen LogP contribution in [-0.2, 0) is 16.1 Å². The maximum Gasteiger partial charge on any atom is 0.246 e. The lowest BCUT2D eigenvalue weighted by Crippen LogP contribution is -2.60. The van der Waals surface area contributed by atoms with Crippen molar-refractivity contribution in [2.45, 2.75) is 31.8 Å². The van der Waals surface area contributed by atoms with Crippen LogP contribution in [0.5, 0.6) is 0 Å². The summed E-state index contributed by atoms with van der Waals surface area (Å²) in [6.45, 7) is 1.51. The van der Waals surface area contributed by atoms with Gasteiger partial charge in [-0.1, -0.05) is 30.3 Å². The van der Waals surface area contributed by atoms with Gasteiger partial charge in [0, 0.05) is 13.1 Å². The van der Waals surface area contributed by atoms with Crippen LogP contribution in [-0.4, -0.2) is 40.7 Å². The molecule has 2 fully saturated rings. The molecule has 1 aromatic rings. The van der Waals surface area contributed by atoms with E-state index in [9.17, 15) is 9.59 Å². The van der Waals surface area contributed by atoms with Gasteiger partial charge in [-0.15, -0.1) is 0 Å². The second-order valence-electron chi connectivity index (χ2n) is 5.28. The van der Waals surface area contributed by atoms with Crippen LogP contribution in [0.3, 0.4) is 0 Å². The van der Waals surface area contributed by atoms with Gasteiger partial charge < -0.3 is 9.80 Å². The number of fused-ring (bicyclic) bond motifs is 1. The van der Waals surface area contributed by atoms with E-state index in [1.165, 1.54) is 0 Å². The maximum atomic E-state index is 12.4. The summed E-state index contributed by atoms with van der Waals surface area (Å²) in [5.41, 5.74) is 1.08. The van der Waals surface area contributed by atoms with E-state index < -0.39 is 0 Å². The largest absolute Gasteiger partial charge is 0.329 e. The molecule has 0 N–H and O–H groups in total. The number of amides is 2. The van der Waals surface area contributed by atoms with Gasteiger partial charge in [-0.25, -0.2) is 0 Å². The molecule has 0 radical (unpaired) electrons.